The van der Waals surface area contributed by atoms with Gasteiger partial charge in [0.1, 0.15) is 0 Å². The van der Waals surface area contributed by atoms with Gasteiger partial charge in [-0.1, -0.05) is 6.07 Å². The Kier molecular flexibility index (Phi) is 4.55. The lowest BCUT2D eigenvalue weighted by molar-refractivity contribution is -0.126. The van der Waals surface area contributed by atoms with Crippen molar-refractivity contribution in [2.24, 2.45) is 5.92 Å². The van der Waals surface area contributed by atoms with Gasteiger partial charge in [0.2, 0.25) is 12.7 Å². The zero-order chi connectivity index (χ0) is 16.2. The number of rotatable bonds is 3. The van der Waals surface area contributed by atoms with Gasteiger partial charge in [0.15, 0.2) is 11.5 Å². The molecule has 1 saturated heterocycles. The topological polar surface area (TPSA) is 77.1 Å². The number of hydrogen-bond donors (Lipinski definition) is 1. The lowest BCUT2D eigenvalue weighted by atomic mass is 9.97. The van der Waals surface area contributed by atoms with Crippen LogP contribution in [0.3, 0.4) is 0 Å². The number of nitrogens with one attached hydrogen (secondary N) is 1. The Hall–Kier alpha value is -2.44. The second-order valence-electron chi connectivity index (χ2n) is 5.66. The van der Waals surface area contributed by atoms with E-state index in [0.29, 0.717) is 25.4 Å². The van der Waals surface area contributed by atoms with E-state index in [9.17, 15) is 9.59 Å². The average Bonchev–Trinajstić information content (AvgIpc) is 3.06. The quantitative estimate of drug-likeness (QED) is 0.913. The highest BCUT2D eigenvalue weighted by Gasteiger charge is 2.28. The maximum Gasteiger partial charge on any atom is 0.409 e. The van der Waals surface area contributed by atoms with Gasteiger partial charge in [0.25, 0.3) is 0 Å². The SMILES string of the molecule is COC(=O)N1CCCC(C(=O)NCc2ccc3c(c2)OCO3)C1. The Bertz CT molecular complexity index is 604. The maximum atomic E-state index is 12.3. The highest BCUT2D eigenvalue weighted by molar-refractivity contribution is 5.80. The molecule has 0 saturated carbocycles. The first-order valence-corrected chi connectivity index (χ1v) is 7.66. The van der Waals surface area contributed by atoms with Crippen molar-refractivity contribution in [3.8, 4) is 11.5 Å². The Balaban J connectivity index is 1.53. The molecule has 7 nitrogen and oxygen atoms in total. The third-order valence-corrected chi connectivity index (χ3v) is 4.13. The fourth-order valence-electron chi connectivity index (χ4n) is 2.87. The van der Waals surface area contributed by atoms with E-state index in [2.05, 4.69) is 5.32 Å². The summed E-state index contributed by atoms with van der Waals surface area (Å²) in [5.74, 6) is 1.18. The predicted octanol–water partition coefficient (Wildman–Crippen LogP) is 1.51. The summed E-state index contributed by atoms with van der Waals surface area (Å²) in [6.07, 6.45) is 1.20. The Morgan fingerprint density at radius 3 is 3.00 bits per heavy atom. The fraction of sp³-hybridized carbons (Fsp3) is 0.500. The number of benzene rings is 1. The van der Waals surface area contributed by atoms with E-state index in [0.717, 1.165) is 24.2 Å². The van der Waals surface area contributed by atoms with Crippen LogP contribution < -0.4 is 14.8 Å². The van der Waals surface area contributed by atoms with Crippen molar-refractivity contribution in [2.45, 2.75) is 19.4 Å². The lowest BCUT2D eigenvalue weighted by Crippen LogP contribution is -2.45. The molecule has 0 radical (unpaired) electrons. The summed E-state index contributed by atoms with van der Waals surface area (Å²) in [5.41, 5.74) is 0.947. The molecule has 1 atom stereocenters. The molecule has 0 spiro atoms. The third kappa shape index (κ3) is 3.49. The summed E-state index contributed by atoms with van der Waals surface area (Å²) in [4.78, 5) is 25.5. The molecule has 2 aliphatic heterocycles. The van der Waals surface area contributed by atoms with Crippen molar-refractivity contribution in [3.05, 3.63) is 23.8 Å². The minimum Gasteiger partial charge on any atom is -0.454 e. The minimum atomic E-state index is -0.377. The molecule has 1 N–H and O–H groups in total. The van der Waals surface area contributed by atoms with Gasteiger partial charge >= 0.3 is 6.09 Å². The van der Waals surface area contributed by atoms with Gasteiger partial charge in [-0.3, -0.25) is 4.79 Å². The monoisotopic (exact) mass is 320 g/mol. The molecule has 124 valence electrons. The lowest BCUT2D eigenvalue weighted by Gasteiger charge is -2.30. The molecule has 2 aliphatic rings. The van der Waals surface area contributed by atoms with Gasteiger partial charge in [-0.15, -0.1) is 0 Å². The summed E-state index contributed by atoms with van der Waals surface area (Å²) in [7, 11) is 1.35. The normalized spacial score (nSPS) is 19.3. The molecule has 1 fully saturated rings. The van der Waals surface area contributed by atoms with E-state index >= 15 is 0 Å². The number of hydrogen-bond acceptors (Lipinski definition) is 5. The maximum absolute atomic E-state index is 12.3. The standard InChI is InChI=1S/C16H20N2O5/c1-21-16(20)18-6-2-3-12(9-18)15(19)17-8-11-4-5-13-14(7-11)23-10-22-13/h4-5,7,12H,2-3,6,8-10H2,1H3,(H,17,19). The number of amides is 2. The summed E-state index contributed by atoms with van der Waals surface area (Å²) < 4.78 is 15.3. The number of ether oxygens (including phenoxy) is 3. The molecule has 1 aromatic carbocycles. The number of carbonyl (C=O) groups excluding carboxylic acids is 2. The van der Waals surface area contributed by atoms with E-state index in [1.54, 1.807) is 4.90 Å². The molecule has 0 bridgehead atoms. The largest absolute Gasteiger partial charge is 0.454 e. The van der Waals surface area contributed by atoms with Crippen molar-refractivity contribution < 1.29 is 23.8 Å². The van der Waals surface area contributed by atoms with E-state index < -0.39 is 0 Å². The Labute approximate surface area is 134 Å². The van der Waals surface area contributed by atoms with Gasteiger partial charge in [-0.05, 0) is 30.5 Å². The molecule has 23 heavy (non-hydrogen) atoms. The average molecular weight is 320 g/mol. The van der Waals surface area contributed by atoms with Crippen LogP contribution in [0.25, 0.3) is 0 Å². The molecule has 0 aliphatic carbocycles. The van der Waals surface area contributed by atoms with E-state index in [1.165, 1.54) is 7.11 Å². The number of fused-ring (bicyclic) bond motifs is 1. The van der Waals surface area contributed by atoms with E-state index in [-0.39, 0.29) is 24.7 Å². The smallest absolute Gasteiger partial charge is 0.409 e. The number of likely N-dealkylation sites (tertiary alicyclic amines) is 1. The first kappa shape index (κ1) is 15.5. The minimum absolute atomic E-state index is 0.0451. The third-order valence-electron chi connectivity index (χ3n) is 4.13. The van der Waals surface area contributed by atoms with Crippen molar-refractivity contribution in [2.75, 3.05) is 27.0 Å². The number of piperidine rings is 1. The number of methoxy groups -OCH3 is 1. The fourth-order valence-corrected chi connectivity index (χ4v) is 2.87. The van der Waals surface area contributed by atoms with Crippen molar-refractivity contribution in [1.29, 1.82) is 0 Å². The zero-order valence-corrected chi connectivity index (χ0v) is 13.0. The molecule has 1 aromatic rings. The molecule has 2 heterocycles. The molecule has 2 amide bonds. The van der Waals surface area contributed by atoms with Gasteiger partial charge in [-0.25, -0.2) is 4.79 Å². The molecule has 3 rings (SSSR count). The Morgan fingerprint density at radius 1 is 1.35 bits per heavy atom. The van der Waals surface area contributed by atoms with E-state index in [4.69, 9.17) is 14.2 Å². The van der Waals surface area contributed by atoms with Crippen LogP contribution in [0.5, 0.6) is 11.5 Å². The second kappa shape index (κ2) is 6.76. The molecule has 1 unspecified atom stereocenters. The van der Waals surface area contributed by atoms with Crippen LogP contribution in [0.4, 0.5) is 4.79 Å². The van der Waals surface area contributed by atoms with Gasteiger partial charge in [0, 0.05) is 19.6 Å². The highest BCUT2D eigenvalue weighted by atomic mass is 16.7. The molecular weight excluding hydrogens is 300 g/mol. The van der Waals surface area contributed by atoms with Crippen LogP contribution in [0.2, 0.25) is 0 Å². The zero-order valence-electron chi connectivity index (χ0n) is 13.0. The Morgan fingerprint density at radius 2 is 2.17 bits per heavy atom. The summed E-state index contributed by atoms with van der Waals surface area (Å²) in [6, 6.07) is 5.60. The van der Waals surface area contributed by atoms with Gasteiger partial charge in [-0.2, -0.15) is 0 Å². The van der Waals surface area contributed by atoms with Crippen LogP contribution in [0, 0.1) is 5.92 Å². The molecular formula is C16H20N2O5. The van der Waals surface area contributed by atoms with Crippen LogP contribution in [-0.2, 0) is 16.1 Å². The second-order valence-corrected chi connectivity index (χ2v) is 5.66. The first-order chi connectivity index (χ1) is 11.2. The van der Waals surface area contributed by atoms with Crippen LogP contribution >= 0.6 is 0 Å². The molecule has 7 heteroatoms. The highest BCUT2D eigenvalue weighted by Crippen LogP contribution is 2.32. The number of nitrogens with zero attached hydrogens (tertiary/aromatic N) is 1. The predicted molar refractivity (Wildman–Crippen MR) is 81.1 cm³/mol. The van der Waals surface area contributed by atoms with Crippen LogP contribution in [-0.4, -0.2) is 43.9 Å². The first-order valence-electron chi connectivity index (χ1n) is 7.66. The van der Waals surface area contributed by atoms with E-state index in [1.807, 2.05) is 18.2 Å². The van der Waals surface area contributed by atoms with Gasteiger partial charge < -0.3 is 24.4 Å². The van der Waals surface area contributed by atoms with Crippen LogP contribution in [0.15, 0.2) is 18.2 Å². The van der Waals surface area contributed by atoms with Crippen LogP contribution in [0.1, 0.15) is 18.4 Å². The van der Waals surface area contributed by atoms with Crippen molar-refractivity contribution in [1.82, 2.24) is 10.2 Å². The summed E-state index contributed by atoms with van der Waals surface area (Å²) in [5, 5.41) is 2.92. The number of carbonyl (C=O) groups is 2. The molecule has 0 aromatic heterocycles. The van der Waals surface area contributed by atoms with Crippen molar-refractivity contribution in [3.63, 3.8) is 0 Å². The summed E-state index contributed by atoms with van der Waals surface area (Å²) in [6.45, 7) is 1.69. The van der Waals surface area contributed by atoms with Gasteiger partial charge in [0.05, 0.1) is 13.0 Å². The summed E-state index contributed by atoms with van der Waals surface area (Å²) >= 11 is 0. The van der Waals surface area contributed by atoms with Crippen molar-refractivity contribution >= 4 is 12.0 Å².